The Morgan fingerprint density at radius 2 is 1.38 bits per heavy atom. The molecule has 0 aromatic carbocycles. The maximum Gasteiger partial charge on any atom is 0.322 e. The van der Waals surface area contributed by atoms with E-state index in [9.17, 15) is 24.0 Å². The molecule has 0 aromatic rings. The van der Waals surface area contributed by atoms with Crippen molar-refractivity contribution in [2.24, 2.45) is 11.7 Å². The van der Waals surface area contributed by atoms with E-state index in [-0.39, 0.29) is 5.92 Å². The van der Waals surface area contributed by atoms with Crippen LogP contribution >= 0.6 is 0 Å². The second-order valence-electron chi connectivity index (χ2n) is 6.73. The minimum absolute atomic E-state index is 0.296. The van der Waals surface area contributed by atoms with Crippen molar-refractivity contribution in [3.8, 4) is 0 Å². The van der Waals surface area contributed by atoms with E-state index in [4.69, 9.17) is 15.9 Å². The number of aliphatic hydroxyl groups is 1. The van der Waals surface area contributed by atoms with E-state index in [1.165, 1.54) is 13.8 Å². The zero-order chi connectivity index (χ0) is 22.7. The summed E-state index contributed by atoms with van der Waals surface area (Å²) in [5.41, 5.74) is 5.38. The first kappa shape index (κ1) is 26.3. The number of carbonyl (C=O) groups is 5. The summed E-state index contributed by atoms with van der Waals surface area (Å²) in [4.78, 5) is 59.0. The van der Waals surface area contributed by atoms with Gasteiger partial charge in [0.25, 0.3) is 0 Å². The topological polar surface area (TPSA) is 200 Å². The molecule has 0 spiro atoms. The molecular weight excluding hydrogens is 386 g/mol. The molecule has 0 unspecified atom stereocenters. The summed E-state index contributed by atoms with van der Waals surface area (Å²) in [7, 11) is 0. The second-order valence-corrected chi connectivity index (χ2v) is 6.73. The SMILES string of the molecule is CC[C@H](C)[C@H](NC(=O)[C@H](C)NC(=O)[C@@H](N)CO)C(=O)N[C@@H](C)C(=O)NCC(=O)O. The predicted octanol–water partition coefficient (Wildman–Crippen LogP) is -2.95. The highest BCUT2D eigenvalue weighted by molar-refractivity contribution is 5.95. The molecule has 8 N–H and O–H groups in total. The van der Waals surface area contributed by atoms with Gasteiger partial charge in [0.05, 0.1) is 6.61 Å². The molecule has 0 fully saturated rings. The van der Waals surface area contributed by atoms with Crippen LogP contribution in [-0.2, 0) is 24.0 Å². The molecule has 0 saturated carbocycles. The van der Waals surface area contributed by atoms with E-state index >= 15 is 0 Å². The van der Waals surface area contributed by atoms with Crippen LogP contribution in [0.5, 0.6) is 0 Å². The number of aliphatic carboxylic acids is 1. The molecule has 0 radical (unpaired) electrons. The van der Waals surface area contributed by atoms with Gasteiger partial charge in [0.1, 0.15) is 30.7 Å². The van der Waals surface area contributed by atoms with Crippen LogP contribution in [0.2, 0.25) is 0 Å². The molecule has 0 rings (SSSR count). The molecule has 12 heteroatoms. The van der Waals surface area contributed by atoms with Crippen molar-refractivity contribution in [1.29, 1.82) is 0 Å². The van der Waals surface area contributed by atoms with Crippen molar-refractivity contribution >= 4 is 29.6 Å². The molecule has 0 bridgehead atoms. The first-order valence-corrected chi connectivity index (χ1v) is 9.21. The highest BCUT2D eigenvalue weighted by Gasteiger charge is 2.30. The number of aliphatic hydroxyl groups excluding tert-OH is 1. The molecule has 29 heavy (non-hydrogen) atoms. The van der Waals surface area contributed by atoms with Gasteiger partial charge in [-0.05, 0) is 19.8 Å². The van der Waals surface area contributed by atoms with E-state index < -0.39 is 66.9 Å². The average molecular weight is 417 g/mol. The number of nitrogens with two attached hydrogens (primary N) is 1. The van der Waals surface area contributed by atoms with Crippen molar-refractivity contribution in [1.82, 2.24) is 21.3 Å². The lowest BCUT2D eigenvalue weighted by Crippen LogP contribution is -2.58. The maximum atomic E-state index is 12.6. The van der Waals surface area contributed by atoms with Crippen molar-refractivity contribution in [3.05, 3.63) is 0 Å². The Hall–Kier alpha value is -2.73. The van der Waals surface area contributed by atoms with E-state index in [0.717, 1.165) is 0 Å². The molecule has 4 amide bonds. The zero-order valence-corrected chi connectivity index (χ0v) is 17.0. The second kappa shape index (κ2) is 12.7. The largest absolute Gasteiger partial charge is 0.480 e. The van der Waals surface area contributed by atoms with Crippen molar-refractivity contribution < 1.29 is 34.2 Å². The van der Waals surface area contributed by atoms with E-state index in [1.54, 1.807) is 6.92 Å². The van der Waals surface area contributed by atoms with Crippen molar-refractivity contribution in [3.63, 3.8) is 0 Å². The van der Waals surface area contributed by atoms with Gasteiger partial charge in [0, 0.05) is 0 Å². The monoisotopic (exact) mass is 417 g/mol. The summed E-state index contributed by atoms with van der Waals surface area (Å²) < 4.78 is 0. The Kier molecular flexibility index (Phi) is 11.5. The molecule has 0 aliphatic heterocycles. The average Bonchev–Trinajstić information content (AvgIpc) is 2.67. The lowest BCUT2D eigenvalue weighted by molar-refractivity contribution is -0.138. The zero-order valence-electron chi connectivity index (χ0n) is 17.0. The van der Waals surface area contributed by atoms with Crippen LogP contribution in [0.3, 0.4) is 0 Å². The molecule has 0 aliphatic rings. The van der Waals surface area contributed by atoms with Crippen LogP contribution in [0.4, 0.5) is 0 Å². The summed E-state index contributed by atoms with van der Waals surface area (Å²) in [6.07, 6.45) is 0.536. The fourth-order valence-corrected chi connectivity index (χ4v) is 2.13. The van der Waals surface area contributed by atoms with Crippen LogP contribution in [0.1, 0.15) is 34.1 Å². The summed E-state index contributed by atoms with van der Waals surface area (Å²) in [5, 5.41) is 26.9. The third-order valence-electron chi connectivity index (χ3n) is 4.24. The number of nitrogens with one attached hydrogen (secondary N) is 4. The Morgan fingerprint density at radius 3 is 1.86 bits per heavy atom. The smallest absolute Gasteiger partial charge is 0.322 e. The molecule has 12 nitrogen and oxygen atoms in total. The van der Waals surface area contributed by atoms with Crippen LogP contribution in [0.25, 0.3) is 0 Å². The number of hydrogen-bond acceptors (Lipinski definition) is 7. The van der Waals surface area contributed by atoms with Gasteiger partial charge in [-0.3, -0.25) is 24.0 Å². The lowest BCUT2D eigenvalue weighted by atomic mass is 9.97. The maximum absolute atomic E-state index is 12.6. The Balaban J connectivity index is 5.00. The Labute approximate surface area is 169 Å². The first-order chi connectivity index (χ1) is 13.4. The highest BCUT2D eigenvalue weighted by Crippen LogP contribution is 2.09. The molecule has 5 atom stereocenters. The fraction of sp³-hybridized carbons (Fsp3) is 0.706. The van der Waals surface area contributed by atoms with Gasteiger partial charge in [-0.15, -0.1) is 0 Å². The van der Waals surface area contributed by atoms with E-state index in [1.807, 2.05) is 6.92 Å². The van der Waals surface area contributed by atoms with Crippen LogP contribution in [0, 0.1) is 5.92 Å². The van der Waals surface area contributed by atoms with Gasteiger partial charge in [-0.25, -0.2) is 0 Å². The van der Waals surface area contributed by atoms with Crippen LogP contribution in [0.15, 0.2) is 0 Å². The minimum atomic E-state index is -1.22. The number of carbonyl (C=O) groups excluding carboxylic acids is 4. The molecule has 0 saturated heterocycles. The third kappa shape index (κ3) is 9.34. The molecular formula is C17H31N5O7. The van der Waals surface area contributed by atoms with E-state index in [2.05, 4.69) is 21.3 Å². The number of carboxylic acids is 1. The highest BCUT2D eigenvalue weighted by atomic mass is 16.4. The van der Waals surface area contributed by atoms with Gasteiger partial charge < -0.3 is 37.2 Å². The van der Waals surface area contributed by atoms with Crippen LogP contribution in [-0.4, -0.2) is 77.1 Å². The number of amides is 4. The summed E-state index contributed by atoms with van der Waals surface area (Å²) in [5.74, 6) is -4.20. The predicted molar refractivity (Wildman–Crippen MR) is 102 cm³/mol. The van der Waals surface area contributed by atoms with Crippen LogP contribution < -0.4 is 27.0 Å². The lowest BCUT2D eigenvalue weighted by Gasteiger charge is -2.27. The Bertz CT molecular complexity index is 613. The Morgan fingerprint density at radius 1 is 0.862 bits per heavy atom. The van der Waals surface area contributed by atoms with Crippen molar-refractivity contribution in [2.45, 2.75) is 58.3 Å². The minimum Gasteiger partial charge on any atom is -0.480 e. The molecule has 166 valence electrons. The number of carboxylic acid groups (broad SMARTS) is 1. The van der Waals surface area contributed by atoms with Gasteiger partial charge >= 0.3 is 5.97 Å². The molecule has 0 aromatic heterocycles. The first-order valence-electron chi connectivity index (χ1n) is 9.21. The number of hydrogen-bond donors (Lipinski definition) is 7. The number of rotatable bonds is 12. The van der Waals surface area contributed by atoms with Crippen molar-refractivity contribution in [2.75, 3.05) is 13.2 Å². The molecule has 0 aliphatic carbocycles. The normalized spacial score (nSPS) is 15.8. The van der Waals surface area contributed by atoms with Gasteiger partial charge in [0.2, 0.25) is 23.6 Å². The summed E-state index contributed by atoms with van der Waals surface area (Å²) >= 11 is 0. The fourth-order valence-electron chi connectivity index (χ4n) is 2.13. The summed E-state index contributed by atoms with van der Waals surface area (Å²) in [6, 6.07) is -4.21. The van der Waals surface area contributed by atoms with Gasteiger partial charge in [-0.2, -0.15) is 0 Å². The quantitative estimate of drug-likeness (QED) is 0.175. The summed E-state index contributed by atoms with van der Waals surface area (Å²) in [6.45, 7) is 5.14. The van der Waals surface area contributed by atoms with Gasteiger partial charge in [0.15, 0.2) is 0 Å². The molecule has 0 heterocycles. The standard InChI is InChI=1S/C17H31N5O7/c1-5-8(2)13(17(29)21-9(3)14(26)19-6-12(24)25)22-15(27)10(4)20-16(28)11(18)7-23/h8-11,13,23H,5-7,18H2,1-4H3,(H,19,26)(H,20,28)(H,21,29)(H,22,27)(H,24,25)/t8-,9-,10-,11-,13-/m0/s1. The van der Waals surface area contributed by atoms with E-state index in [0.29, 0.717) is 6.42 Å². The van der Waals surface area contributed by atoms with Gasteiger partial charge in [-0.1, -0.05) is 20.3 Å². The third-order valence-corrected chi connectivity index (χ3v) is 4.24.